The number of alkyl halides is 3. The highest BCUT2D eigenvalue weighted by Crippen LogP contribution is 2.55. The maximum atomic E-state index is 14.5. The van der Waals surface area contributed by atoms with Crippen LogP contribution in [0.15, 0.2) is 30.5 Å². The van der Waals surface area contributed by atoms with Gasteiger partial charge in [0.15, 0.2) is 17.2 Å². The molecule has 2 N–H and O–H groups in total. The zero-order valence-corrected chi connectivity index (χ0v) is 19.7. The zero-order chi connectivity index (χ0) is 27.0. The van der Waals surface area contributed by atoms with Gasteiger partial charge in [0.1, 0.15) is 18.5 Å². The lowest BCUT2D eigenvalue weighted by Gasteiger charge is -2.32. The van der Waals surface area contributed by atoms with E-state index >= 15 is 0 Å². The SMILES string of the molecule is COCN(C(=O)[C@@H]1O[C@@](C)(C(F)(F)F)[C@@H](C)[C@H]1c1ccc(F)c(F)c1OC)c1ccnc(C(N)=O)c1. The normalized spacial score (nSPS) is 24.0. The maximum absolute atomic E-state index is 14.5. The average molecular weight is 517 g/mol. The second-order valence-corrected chi connectivity index (χ2v) is 8.39. The van der Waals surface area contributed by atoms with Crippen LogP contribution in [-0.4, -0.2) is 55.6 Å². The van der Waals surface area contributed by atoms with Crippen LogP contribution >= 0.6 is 0 Å². The molecule has 8 nitrogen and oxygen atoms in total. The molecular formula is C23H24F5N3O5. The molecule has 0 unspecified atom stereocenters. The van der Waals surface area contributed by atoms with Crippen molar-refractivity contribution < 1.29 is 45.8 Å². The van der Waals surface area contributed by atoms with Crippen LogP contribution in [0.4, 0.5) is 27.6 Å². The molecule has 0 bridgehead atoms. The lowest BCUT2D eigenvalue weighted by atomic mass is 9.76. The standard InChI is InChI=1S/C23H24F5N3O5/c1-11-16(13-5-6-14(24)17(25)18(13)35-4)19(36-22(11,2)23(26,27)28)21(33)31(10-34-3)12-7-8-30-15(9-12)20(29)32/h5-9,11,16,19H,10H2,1-4H3,(H2,29,32)/t11-,16-,19+,22+/m0/s1. The first kappa shape index (κ1) is 27.3. The molecule has 36 heavy (non-hydrogen) atoms. The highest BCUT2D eigenvalue weighted by Gasteiger charge is 2.66. The smallest absolute Gasteiger partial charge is 0.417 e. The molecule has 2 aromatic rings. The number of primary amides is 1. The summed E-state index contributed by atoms with van der Waals surface area (Å²) in [6, 6.07) is 4.27. The Balaban J connectivity index is 2.18. The molecule has 0 spiro atoms. The summed E-state index contributed by atoms with van der Waals surface area (Å²) >= 11 is 0. The minimum atomic E-state index is -4.92. The van der Waals surface area contributed by atoms with E-state index in [-0.39, 0.29) is 16.9 Å². The lowest BCUT2D eigenvalue weighted by molar-refractivity contribution is -0.272. The fraction of sp³-hybridized carbons (Fsp3) is 0.435. The number of anilines is 1. The third kappa shape index (κ3) is 4.60. The van der Waals surface area contributed by atoms with Crippen molar-refractivity contribution in [3.63, 3.8) is 0 Å². The van der Waals surface area contributed by atoms with Crippen molar-refractivity contribution >= 4 is 17.5 Å². The summed E-state index contributed by atoms with van der Waals surface area (Å²) in [6.45, 7) is 1.53. The minimum Gasteiger partial charge on any atom is -0.493 e. The van der Waals surface area contributed by atoms with E-state index in [1.807, 2.05) is 0 Å². The summed E-state index contributed by atoms with van der Waals surface area (Å²) in [5.41, 5.74) is 2.07. The van der Waals surface area contributed by atoms with E-state index < -0.39 is 65.6 Å². The van der Waals surface area contributed by atoms with Gasteiger partial charge in [0.05, 0.1) is 7.11 Å². The summed E-state index contributed by atoms with van der Waals surface area (Å²) in [5.74, 6) is -8.07. The van der Waals surface area contributed by atoms with E-state index in [9.17, 15) is 31.5 Å². The first-order valence-electron chi connectivity index (χ1n) is 10.6. The van der Waals surface area contributed by atoms with Gasteiger partial charge in [-0.1, -0.05) is 13.0 Å². The monoisotopic (exact) mass is 517 g/mol. The molecule has 1 aliphatic rings. The van der Waals surface area contributed by atoms with E-state index in [0.717, 1.165) is 37.1 Å². The molecule has 1 fully saturated rings. The molecule has 13 heteroatoms. The fourth-order valence-corrected chi connectivity index (χ4v) is 4.30. The molecule has 0 saturated carbocycles. The average Bonchev–Trinajstić information content (AvgIpc) is 3.10. The Morgan fingerprint density at radius 2 is 1.89 bits per heavy atom. The minimum absolute atomic E-state index is 0.0403. The van der Waals surface area contributed by atoms with Crippen LogP contribution in [0.1, 0.15) is 35.8 Å². The number of amides is 2. The van der Waals surface area contributed by atoms with Crippen LogP contribution in [0.5, 0.6) is 5.75 Å². The van der Waals surface area contributed by atoms with Crippen molar-refractivity contribution in [1.82, 2.24) is 4.98 Å². The lowest BCUT2D eigenvalue weighted by Crippen LogP contribution is -2.48. The molecule has 2 heterocycles. The number of halogens is 5. The van der Waals surface area contributed by atoms with Crippen LogP contribution < -0.4 is 15.4 Å². The Kier molecular flexibility index (Phi) is 7.55. The summed E-state index contributed by atoms with van der Waals surface area (Å²) in [4.78, 5) is 30.0. The number of nitrogens with two attached hydrogens (primary N) is 1. The second kappa shape index (κ2) is 9.97. The number of methoxy groups -OCH3 is 2. The molecule has 2 amide bonds. The van der Waals surface area contributed by atoms with Gasteiger partial charge >= 0.3 is 6.18 Å². The first-order chi connectivity index (χ1) is 16.8. The summed E-state index contributed by atoms with van der Waals surface area (Å²) < 4.78 is 86.3. The number of ether oxygens (including phenoxy) is 3. The number of carbonyl (C=O) groups excluding carboxylic acids is 2. The predicted octanol–water partition coefficient (Wildman–Crippen LogP) is 3.54. The third-order valence-electron chi connectivity index (χ3n) is 6.39. The highest BCUT2D eigenvalue weighted by molar-refractivity contribution is 5.99. The maximum Gasteiger partial charge on any atom is 0.417 e. The van der Waals surface area contributed by atoms with Gasteiger partial charge in [0.2, 0.25) is 5.82 Å². The Morgan fingerprint density at radius 3 is 2.44 bits per heavy atom. The molecule has 1 aromatic heterocycles. The van der Waals surface area contributed by atoms with E-state index in [2.05, 4.69) is 4.98 Å². The highest BCUT2D eigenvalue weighted by atomic mass is 19.4. The van der Waals surface area contributed by atoms with Gasteiger partial charge in [0.25, 0.3) is 11.8 Å². The largest absolute Gasteiger partial charge is 0.493 e. The number of hydrogen-bond acceptors (Lipinski definition) is 6. The van der Waals surface area contributed by atoms with E-state index in [1.54, 1.807) is 0 Å². The van der Waals surface area contributed by atoms with Gasteiger partial charge in [-0.15, -0.1) is 0 Å². The van der Waals surface area contributed by atoms with Crippen molar-refractivity contribution in [3.05, 3.63) is 53.4 Å². The van der Waals surface area contributed by atoms with Crippen molar-refractivity contribution in [2.75, 3.05) is 25.9 Å². The summed E-state index contributed by atoms with van der Waals surface area (Å²) in [6.07, 6.45) is -5.57. The number of carbonyl (C=O) groups is 2. The second-order valence-electron chi connectivity index (χ2n) is 8.39. The van der Waals surface area contributed by atoms with Crippen molar-refractivity contribution in [2.24, 2.45) is 11.7 Å². The molecule has 0 radical (unpaired) electrons. The quantitative estimate of drug-likeness (QED) is 0.445. The Morgan fingerprint density at radius 1 is 1.22 bits per heavy atom. The Labute approximate surface area is 203 Å². The molecule has 1 aliphatic heterocycles. The van der Waals surface area contributed by atoms with Crippen molar-refractivity contribution in [1.29, 1.82) is 0 Å². The zero-order valence-electron chi connectivity index (χ0n) is 19.7. The number of benzene rings is 1. The van der Waals surface area contributed by atoms with Gasteiger partial charge in [-0.25, -0.2) is 4.39 Å². The number of rotatable bonds is 7. The summed E-state index contributed by atoms with van der Waals surface area (Å²) in [5, 5.41) is 0. The molecule has 196 valence electrons. The van der Waals surface area contributed by atoms with E-state index in [4.69, 9.17) is 19.9 Å². The van der Waals surface area contributed by atoms with Crippen molar-refractivity contribution in [3.8, 4) is 5.75 Å². The molecular weight excluding hydrogens is 493 g/mol. The van der Waals surface area contributed by atoms with Gasteiger partial charge in [-0.3, -0.25) is 19.5 Å². The van der Waals surface area contributed by atoms with Crippen LogP contribution in [0, 0.1) is 17.6 Å². The van der Waals surface area contributed by atoms with Crippen LogP contribution in [0.2, 0.25) is 0 Å². The summed E-state index contributed by atoms with van der Waals surface area (Å²) in [7, 11) is 2.27. The van der Waals surface area contributed by atoms with Gasteiger partial charge in [-0.2, -0.15) is 17.6 Å². The first-order valence-corrected chi connectivity index (χ1v) is 10.6. The molecule has 0 aliphatic carbocycles. The number of pyridine rings is 1. The topological polar surface area (TPSA) is 104 Å². The Bertz CT molecular complexity index is 1160. The number of nitrogens with zero attached hydrogens (tertiary/aromatic N) is 2. The van der Waals surface area contributed by atoms with Crippen molar-refractivity contribution in [2.45, 2.75) is 37.6 Å². The predicted molar refractivity (Wildman–Crippen MR) is 116 cm³/mol. The van der Waals surface area contributed by atoms with Gasteiger partial charge in [-0.05, 0) is 25.1 Å². The fourth-order valence-electron chi connectivity index (χ4n) is 4.30. The Hall–Kier alpha value is -3.32. The van der Waals surface area contributed by atoms with E-state index in [1.165, 1.54) is 26.3 Å². The molecule has 1 saturated heterocycles. The third-order valence-corrected chi connectivity index (χ3v) is 6.39. The number of hydrogen-bond donors (Lipinski definition) is 1. The van der Waals surface area contributed by atoms with Crippen LogP contribution in [0.25, 0.3) is 0 Å². The van der Waals surface area contributed by atoms with Crippen LogP contribution in [0.3, 0.4) is 0 Å². The van der Waals surface area contributed by atoms with Crippen LogP contribution in [-0.2, 0) is 14.3 Å². The van der Waals surface area contributed by atoms with Gasteiger partial charge < -0.3 is 19.9 Å². The molecule has 4 atom stereocenters. The molecule has 1 aromatic carbocycles. The molecule has 3 rings (SSSR count). The van der Waals surface area contributed by atoms with E-state index in [0.29, 0.717) is 0 Å². The van der Waals surface area contributed by atoms with Gasteiger partial charge in [0, 0.05) is 36.4 Å². The number of aromatic nitrogens is 1.